The first-order valence-corrected chi connectivity index (χ1v) is 8.18. The summed E-state index contributed by atoms with van der Waals surface area (Å²) in [6.07, 6.45) is -4.55. The minimum atomic E-state index is -4.55. The Kier molecular flexibility index (Phi) is 5.84. The number of nitrogens with one attached hydrogen (secondary N) is 2. The smallest absolute Gasteiger partial charge is 0.316 e. The number of alkyl halides is 3. The maximum atomic E-state index is 12.7. The SMILES string of the molecule is CCNCCS(=O)(=O)Nc1ccc(Br)c(C(F)(F)F)c1. The Morgan fingerprint density at radius 2 is 1.95 bits per heavy atom. The van der Waals surface area contributed by atoms with Gasteiger partial charge in [-0.2, -0.15) is 13.2 Å². The van der Waals surface area contributed by atoms with E-state index in [1.807, 2.05) is 6.92 Å². The van der Waals surface area contributed by atoms with Crippen LogP contribution in [0, 0.1) is 0 Å². The third-order valence-electron chi connectivity index (χ3n) is 2.34. The molecule has 0 saturated carbocycles. The summed E-state index contributed by atoms with van der Waals surface area (Å²) in [6, 6.07) is 3.18. The topological polar surface area (TPSA) is 58.2 Å². The molecule has 1 aromatic rings. The van der Waals surface area contributed by atoms with Gasteiger partial charge < -0.3 is 5.32 Å². The van der Waals surface area contributed by atoms with Gasteiger partial charge in [-0.1, -0.05) is 22.9 Å². The van der Waals surface area contributed by atoms with Crippen molar-refractivity contribution in [3.05, 3.63) is 28.2 Å². The number of rotatable bonds is 6. The van der Waals surface area contributed by atoms with E-state index in [2.05, 4.69) is 26.0 Å². The molecule has 1 aromatic carbocycles. The van der Waals surface area contributed by atoms with Gasteiger partial charge in [-0.15, -0.1) is 0 Å². The summed E-state index contributed by atoms with van der Waals surface area (Å²) in [5.41, 5.74) is -1.04. The Morgan fingerprint density at radius 3 is 2.50 bits per heavy atom. The van der Waals surface area contributed by atoms with Gasteiger partial charge in [-0.3, -0.25) is 4.72 Å². The third-order valence-corrected chi connectivity index (χ3v) is 4.32. The standard InChI is InChI=1S/C11H14BrF3N2O2S/c1-2-16-5-6-20(18,19)17-8-3-4-10(12)9(7-8)11(13,14)15/h3-4,7,16-17H,2,5-6H2,1H3. The van der Waals surface area contributed by atoms with Gasteiger partial charge in [0.05, 0.1) is 11.3 Å². The molecule has 4 nitrogen and oxygen atoms in total. The zero-order valence-corrected chi connectivity index (χ0v) is 13.0. The monoisotopic (exact) mass is 374 g/mol. The first-order valence-electron chi connectivity index (χ1n) is 5.73. The van der Waals surface area contributed by atoms with Gasteiger partial charge in [0.15, 0.2) is 0 Å². The highest BCUT2D eigenvalue weighted by atomic mass is 79.9. The highest BCUT2D eigenvalue weighted by Gasteiger charge is 2.33. The van der Waals surface area contributed by atoms with Crippen LogP contribution in [0.4, 0.5) is 18.9 Å². The van der Waals surface area contributed by atoms with Crippen LogP contribution >= 0.6 is 15.9 Å². The summed E-state index contributed by atoms with van der Waals surface area (Å²) in [6.45, 7) is 2.67. The van der Waals surface area contributed by atoms with E-state index in [4.69, 9.17) is 0 Å². The maximum Gasteiger partial charge on any atom is 0.417 e. The molecular weight excluding hydrogens is 361 g/mol. The molecule has 20 heavy (non-hydrogen) atoms. The van der Waals surface area contributed by atoms with Gasteiger partial charge in [-0.25, -0.2) is 8.42 Å². The second-order valence-electron chi connectivity index (χ2n) is 3.97. The van der Waals surface area contributed by atoms with E-state index in [1.165, 1.54) is 6.07 Å². The fourth-order valence-electron chi connectivity index (χ4n) is 1.42. The number of hydrogen-bond donors (Lipinski definition) is 2. The Hall–Kier alpha value is -0.800. The summed E-state index contributed by atoms with van der Waals surface area (Å²) in [5, 5.41) is 2.83. The van der Waals surface area contributed by atoms with Crippen molar-refractivity contribution >= 4 is 31.6 Å². The average molecular weight is 375 g/mol. The molecule has 2 N–H and O–H groups in total. The van der Waals surface area contributed by atoms with Crippen LogP contribution < -0.4 is 10.0 Å². The van der Waals surface area contributed by atoms with E-state index in [0.717, 1.165) is 12.1 Å². The Labute approximate surface area is 123 Å². The quantitative estimate of drug-likeness (QED) is 0.752. The molecular formula is C11H14BrF3N2O2S. The zero-order chi connectivity index (χ0) is 15.4. The molecule has 0 saturated heterocycles. The van der Waals surface area contributed by atoms with E-state index in [0.29, 0.717) is 6.54 Å². The summed E-state index contributed by atoms with van der Waals surface area (Å²) in [7, 11) is -3.68. The molecule has 0 spiro atoms. The molecule has 9 heteroatoms. The van der Waals surface area contributed by atoms with Crippen LogP contribution in [-0.4, -0.2) is 27.3 Å². The predicted molar refractivity (Wildman–Crippen MR) is 75.1 cm³/mol. The lowest BCUT2D eigenvalue weighted by molar-refractivity contribution is -0.138. The molecule has 0 atom stereocenters. The van der Waals surface area contributed by atoms with Crippen molar-refractivity contribution in [2.45, 2.75) is 13.1 Å². The van der Waals surface area contributed by atoms with E-state index in [1.54, 1.807) is 0 Å². The number of hydrogen-bond acceptors (Lipinski definition) is 3. The highest BCUT2D eigenvalue weighted by molar-refractivity contribution is 9.10. The van der Waals surface area contributed by atoms with Crippen LogP contribution in [0.3, 0.4) is 0 Å². The van der Waals surface area contributed by atoms with Gasteiger partial charge in [0.1, 0.15) is 0 Å². The predicted octanol–water partition coefficient (Wildman–Crippen LogP) is 2.82. The minimum Gasteiger partial charge on any atom is -0.316 e. The van der Waals surface area contributed by atoms with Gasteiger partial charge in [0, 0.05) is 16.7 Å². The summed E-state index contributed by atoms with van der Waals surface area (Å²) in [4.78, 5) is 0. The Morgan fingerprint density at radius 1 is 1.30 bits per heavy atom. The van der Waals surface area contributed by atoms with Crippen LogP contribution in [0.5, 0.6) is 0 Å². The molecule has 0 radical (unpaired) electrons. The van der Waals surface area contributed by atoms with E-state index in [9.17, 15) is 21.6 Å². The van der Waals surface area contributed by atoms with Crippen LogP contribution in [0.2, 0.25) is 0 Å². The molecule has 0 bridgehead atoms. The van der Waals surface area contributed by atoms with Crippen molar-refractivity contribution < 1.29 is 21.6 Å². The second kappa shape index (κ2) is 6.77. The van der Waals surface area contributed by atoms with Crippen molar-refractivity contribution in [2.75, 3.05) is 23.6 Å². The van der Waals surface area contributed by atoms with Crippen molar-refractivity contribution in [2.24, 2.45) is 0 Å². The second-order valence-corrected chi connectivity index (χ2v) is 6.66. The molecule has 0 aliphatic rings. The maximum absolute atomic E-state index is 12.7. The van der Waals surface area contributed by atoms with Gasteiger partial charge in [0.2, 0.25) is 10.0 Å². The molecule has 0 heterocycles. The van der Waals surface area contributed by atoms with Crippen LogP contribution in [-0.2, 0) is 16.2 Å². The lowest BCUT2D eigenvalue weighted by atomic mass is 10.2. The fourth-order valence-corrected chi connectivity index (χ4v) is 2.89. The van der Waals surface area contributed by atoms with Gasteiger partial charge in [0.25, 0.3) is 0 Å². The molecule has 0 unspecified atom stereocenters. The van der Waals surface area contributed by atoms with Crippen molar-refractivity contribution in [1.29, 1.82) is 0 Å². The lowest BCUT2D eigenvalue weighted by Gasteiger charge is -2.13. The van der Waals surface area contributed by atoms with Gasteiger partial charge in [-0.05, 0) is 24.7 Å². The molecule has 0 aromatic heterocycles. The van der Waals surface area contributed by atoms with Gasteiger partial charge >= 0.3 is 6.18 Å². The molecule has 1 rings (SSSR count). The molecule has 0 fully saturated rings. The summed E-state index contributed by atoms with van der Waals surface area (Å²) >= 11 is 2.79. The van der Waals surface area contributed by atoms with E-state index >= 15 is 0 Å². The molecule has 0 amide bonds. The van der Waals surface area contributed by atoms with E-state index < -0.39 is 21.8 Å². The average Bonchev–Trinajstić information content (AvgIpc) is 2.30. The number of halogens is 4. The largest absolute Gasteiger partial charge is 0.417 e. The third kappa shape index (κ3) is 5.29. The van der Waals surface area contributed by atoms with Crippen molar-refractivity contribution in [1.82, 2.24) is 5.32 Å². The molecule has 114 valence electrons. The number of anilines is 1. The van der Waals surface area contributed by atoms with Crippen LogP contribution in [0.1, 0.15) is 12.5 Å². The first kappa shape index (κ1) is 17.3. The normalized spacial score (nSPS) is 12.4. The summed E-state index contributed by atoms with van der Waals surface area (Å²) < 4.78 is 63.4. The molecule has 0 aliphatic carbocycles. The highest BCUT2D eigenvalue weighted by Crippen LogP contribution is 2.36. The number of sulfonamides is 1. The summed E-state index contributed by atoms with van der Waals surface area (Å²) in [5.74, 6) is -0.210. The fraction of sp³-hybridized carbons (Fsp3) is 0.455. The first-order chi connectivity index (χ1) is 9.15. The minimum absolute atomic E-state index is 0.114. The zero-order valence-electron chi connectivity index (χ0n) is 10.6. The molecule has 0 aliphatic heterocycles. The van der Waals surface area contributed by atoms with Crippen LogP contribution in [0.15, 0.2) is 22.7 Å². The van der Waals surface area contributed by atoms with Crippen molar-refractivity contribution in [3.8, 4) is 0 Å². The lowest BCUT2D eigenvalue weighted by Crippen LogP contribution is -2.26. The van der Waals surface area contributed by atoms with Crippen molar-refractivity contribution in [3.63, 3.8) is 0 Å². The number of benzene rings is 1. The Bertz CT molecular complexity index is 561. The Balaban J connectivity index is 2.88. The van der Waals surface area contributed by atoms with E-state index in [-0.39, 0.29) is 22.5 Å². The van der Waals surface area contributed by atoms with Crippen LogP contribution in [0.25, 0.3) is 0 Å².